The lowest BCUT2D eigenvalue weighted by atomic mass is 10.3. The van der Waals surface area contributed by atoms with Crippen LogP contribution in [0.2, 0.25) is 0 Å². The first-order valence-electron chi connectivity index (χ1n) is 8.55. The Bertz CT molecular complexity index is 752. The van der Waals surface area contributed by atoms with Crippen molar-refractivity contribution in [1.29, 1.82) is 0 Å². The summed E-state index contributed by atoms with van der Waals surface area (Å²) in [7, 11) is 3.01. The molecular formula is C22H23O4S+. The molecule has 0 aliphatic carbocycles. The first kappa shape index (κ1) is 19.3. The fourth-order valence-electron chi connectivity index (χ4n) is 2.56. The Balaban J connectivity index is 1.90. The zero-order valence-corrected chi connectivity index (χ0v) is 16.3. The molecule has 0 saturated heterocycles. The third-order valence-corrected chi connectivity index (χ3v) is 6.02. The minimum absolute atomic E-state index is 0.216. The summed E-state index contributed by atoms with van der Waals surface area (Å²) in [4.78, 5) is 3.70. The van der Waals surface area contributed by atoms with Gasteiger partial charge in [-0.05, 0) is 60.7 Å². The van der Waals surface area contributed by atoms with Gasteiger partial charge in [-0.2, -0.15) is 0 Å². The van der Waals surface area contributed by atoms with Crippen LogP contribution >= 0.6 is 0 Å². The van der Waals surface area contributed by atoms with Gasteiger partial charge < -0.3 is 18.9 Å². The Morgan fingerprint density at radius 1 is 0.556 bits per heavy atom. The smallest absolute Gasteiger partial charge is 0.188 e. The average molecular weight is 383 g/mol. The molecule has 3 aromatic rings. The van der Waals surface area contributed by atoms with Gasteiger partial charge in [0.05, 0.1) is 10.9 Å². The second-order valence-corrected chi connectivity index (χ2v) is 7.69. The van der Waals surface area contributed by atoms with Gasteiger partial charge in [-0.1, -0.05) is 18.2 Å². The van der Waals surface area contributed by atoms with Crippen LogP contribution in [0.5, 0.6) is 11.5 Å². The van der Waals surface area contributed by atoms with Gasteiger partial charge in [-0.3, -0.25) is 0 Å². The molecule has 4 nitrogen and oxygen atoms in total. The van der Waals surface area contributed by atoms with Crippen molar-refractivity contribution in [3.05, 3.63) is 78.9 Å². The molecule has 0 N–H and O–H groups in total. The number of hydrogen-bond acceptors (Lipinski definition) is 4. The van der Waals surface area contributed by atoms with E-state index in [1.54, 1.807) is 14.2 Å². The van der Waals surface area contributed by atoms with Gasteiger partial charge in [0.2, 0.25) is 0 Å². The molecule has 0 amide bonds. The van der Waals surface area contributed by atoms with Crippen LogP contribution in [0, 0.1) is 0 Å². The van der Waals surface area contributed by atoms with Crippen LogP contribution in [0.1, 0.15) is 0 Å². The van der Waals surface area contributed by atoms with E-state index < -0.39 is 0 Å². The fourth-order valence-corrected chi connectivity index (χ4v) is 4.62. The lowest BCUT2D eigenvalue weighted by Crippen LogP contribution is -2.05. The summed E-state index contributed by atoms with van der Waals surface area (Å²) in [6.45, 7) is 0.485. The van der Waals surface area contributed by atoms with Gasteiger partial charge >= 0.3 is 0 Å². The van der Waals surface area contributed by atoms with E-state index in [-0.39, 0.29) is 24.5 Å². The largest absolute Gasteiger partial charge is 0.468 e. The van der Waals surface area contributed by atoms with Crippen molar-refractivity contribution in [3.63, 3.8) is 0 Å². The molecule has 0 aliphatic heterocycles. The Morgan fingerprint density at radius 2 is 0.963 bits per heavy atom. The standard InChI is InChI=1S/C22H23O4S/c1-23-16-25-18-8-12-21(13-9-18)27(20-6-4-3-5-7-20)22-14-10-19(11-15-22)26-17-24-2/h3-15H,16-17H2,1-2H3/q+1. The summed E-state index contributed by atoms with van der Waals surface area (Å²) >= 11 is 0. The van der Waals surface area contributed by atoms with E-state index in [0.29, 0.717) is 0 Å². The van der Waals surface area contributed by atoms with Gasteiger partial charge in [-0.15, -0.1) is 0 Å². The topological polar surface area (TPSA) is 36.9 Å². The minimum Gasteiger partial charge on any atom is -0.468 e. The van der Waals surface area contributed by atoms with Crippen LogP contribution in [0.15, 0.2) is 93.5 Å². The van der Waals surface area contributed by atoms with Crippen LogP contribution in [0.25, 0.3) is 0 Å². The monoisotopic (exact) mass is 383 g/mol. The van der Waals surface area contributed by atoms with Crippen molar-refractivity contribution < 1.29 is 18.9 Å². The summed E-state index contributed by atoms with van der Waals surface area (Å²) in [5, 5.41) is 0. The molecule has 0 spiro atoms. The van der Waals surface area contributed by atoms with Crippen LogP contribution in [0.3, 0.4) is 0 Å². The number of ether oxygens (including phenoxy) is 4. The van der Waals surface area contributed by atoms with Crippen LogP contribution in [-0.2, 0) is 20.4 Å². The maximum absolute atomic E-state index is 5.51. The van der Waals surface area contributed by atoms with Gasteiger partial charge in [0, 0.05) is 14.2 Å². The molecule has 5 heteroatoms. The Hall–Kier alpha value is -2.47. The lowest BCUT2D eigenvalue weighted by Gasteiger charge is -2.10. The Kier molecular flexibility index (Phi) is 7.16. The fraction of sp³-hybridized carbons (Fsp3) is 0.182. The van der Waals surface area contributed by atoms with E-state index in [2.05, 4.69) is 48.5 Å². The zero-order chi connectivity index (χ0) is 18.9. The summed E-state index contributed by atoms with van der Waals surface area (Å²) in [6, 6.07) is 26.8. The first-order valence-corrected chi connectivity index (χ1v) is 9.77. The summed E-state index contributed by atoms with van der Waals surface area (Å²) in [5.74, 6) is 1.58. The molecule has 0 aliphatic rings. The van der Waals surface area contributed by atoms with Gasteiger partial charge in [-0.25, -0.2) is 0 Å². The van der Waals surface area contributed by atoms with Crippen LogP contribution < -0.4 is 9.47 Å². The van der Waals surface area contributed by atoms with Crippen molar-refractivity contribution in [2.45, 2.75) is 14.7 Å². The van der Waals surface area contributed by atoms with E-state index >= 15 is 0 Å². The number of benzene rings is 3. The molecule has 0 radical (unpaired) electrons. The molecule has 0 saturated carbocycles. The molecule has 0 aromatic heterocycles. The number of hydrogen-bond donors (Lipinski definition) is 0. The van der Waals surface area contributed by atoms with Gasteiger partial charge in [0.25, 0.3) is 0 Å². The third kappa shape index (κ3) is 5.26. The highest BCUT2D eigenvalue weighted by molar-refractivity contribution is 7.97. The lowest BCUT2D eigenvalue weighted by molar-refractivity contribution is 0.0509. The molecule has 0 heterocycles. The predicted molar refractivity (Wildman–Crippen MR) is 106 cm³/mol. The van der Waals surface area contributed by atoms with Crippen molar-refractivity contribution in [1.82, 2.24) is 0 Å². The summed E-state index contributed by atoms with van der Waals surface area (Å²) < 4.78 is 20.9. The number of methoxy groups -OCH3 is 2. The molecule has 27 heavy (non-hydrogen) atoms. The highest BCUT2D eigenvalue weighted by atomic mass is 32.2. The molecule has 0 unspecified atom stereocenters. The Morgan fingerprint density at radius 3 is 1.37 bits per heavy atom. The molecule has 0 fully saturated rings. The summed E-state index contributed by atoms with van der Waals surface area (Å²) in [5.41, 5.74) is 0. The van der Waals surface area contributed by atoms with Gasteiger partial charge in [0.1, 0.15) is 11.5 Å². The third-order valence-electron chi connectivity index (χ3n) is 3.78. The summed E-state index contributed by atoms with van der Waals surface area (Å²) in [6.07, 6.45) is 0. The van der Waals surface area contributed by atoms with Crippen molar-refractivity contribution >= 4 is 10.9 Å². The van der Waals surface area contributed by atoms with Crippen LogP contribution in [-0.4, -0.2) is 27.8 Å². The van der Waals surface area contributed by atoms with Crippen LogP contribution in [0.4, 0.5) is 0 Å². The Labute approximate surface area is 163 Å². The molecular weight excluding hydrogens is 360 g/mol. The van der Waals surface area contributed by atoms with Crippen molar-refractivity contribution in [3.8, 4) is 11.5 Å². The predicted octanol–water partition coefficient (Wildman–Crippen LogP) is 4.75. The number of rotatable bonds is 9. The quantitative estimate of drug-likeness (QED) is 0.395. The maximum Gasteiger partial charge on any atom is 0.188 e. The zero-order valence-electron chi connectivity index (χ0n) is 15.5. The molecule has 3 rings (SSSR count). The molecule has 0 atom stereocenters. The van der Waals surface area contributed by atoms with E-state index in [1.807, 2.05) is 30.3 Å². The van der Waals surface area contributed by atoms with Crippen molar-refractivity contribution in [2.24, 2.45) is 0 Å². The molecule has 0 bridgehead atoms. The normalized spacial score (nSPS) is 10.8. The minimum atomic E-state index is -0.216. The second-order valence-electron chi connectivity index (χ2n) is 5.66. The SMILES string of the molecule is COCOc1ccc([S+](c2ccccc2)c2ccc(OCOC)cc2)cc1. The maximum atomic E-state index is 5.51. The highest BCUT2D eigenvalue weighted by Crippen LogP contribution is 2.33. The van der Waals surface area contributed by atoms with E-state index in [9.17, 15) is 0 Å². The molecule has 140 valence electrons. The average Bonchev–Trinajstić information content (AvgIpc) is 2.73. The second kappa shape index (κ2) is 10.0. The van der Waals surface area contributed by atoms with Crippen molar-refractivity contribution in [2.75, 3.05) is 27.8 Å². The highest BCUT2D eigenvalue weighted by Gasteiger charge is 2.28. The molecule has 3 aromatic carbocycles. The van der Waals surface area contributed by atoms with E-state index in [1.165, 1.54) is 14.7 Å². The van der Waals surface area contributed by atoms with E-state index in [4.69, 9.17) is 18.9 Å². The van der Waals surface area contributed by atoms with E-state index in [0.717, 1.165) is 11.5 Å². The van der Waals surface area contributed by atoms with Gasteiger partial charge in [0.15, 0.2) is 28.3 Å². The first-order chi connectivity index (χ1) is 13.3.